The summed E-state index contributed by atoms with van der Waals surface area (Å²) in [6, 6.07) is 6.92. The highest BCUT2D eigenvalue weighted by molar-refractivity contribution is 7.15. The van der Waals surface area contributed by atoms with Gasteiger partial charge in [0.25, 0.3) is 5.91 Å². The molecule has 0 atom stereocenters. The Morgan fingerprint density at radius 3 is 2.77 bits per heavy atom. The maximum atomic E-state index is 12.1. The van der Waals surface area contributed by atoms with Gasteiger partial charge in [-0.3, -0.25) is 4.79 Å². The predicted molar refractivity (Wildman–Crippen MR) is 87.9 cm³/mol. The Morgan fingerprint density at radius 1 is 1.41 bits per heavy atom. The summed E-state index contributed by atoms with van der Waals surface area (Å²) in [6.07, 6.45) is 3.53. The van der Waals surface area contributed by atoms with E-state index in [1.807, 2.05) is 12.1 Å². The topological polar surface area (TPSA) is 99.2 Å². The van der Waals surface area contributed by atoms with Crippen molar-refractivity contribution in [1.29, 1.82) is 5.41 Å². The number of nitrogen functional groups attached to an aromatic ring is 1. The van der Waals surface area contributed by atoms with E-state index < -0.39 is 0 Å². The first-order chi connectivity index (χ1) is 10.6. The third-order valence-electron chi connectivity index (χ3n) is 3.83. The molecule has 1 aromatic heterocycles. The summed E-state index contributed by atoms with van der Waals surface area (Å²) in [7, 11) is 0. The Balaban J connectivity index is 1.83. The lowest BCUT2D eigenvalue weighted by Crippen LogP contribution is -2.23. The van der Waals surface area contributed by atoms with Gasteiger partial charge in [0.05, 0.1) is 4.88 Å². The second kappa shape index (κ2) is 5.81. The molecule has 2 aromatic rings. The van der Waals surface area contributed by atoms with Crippen molar-refractivity contribution in [3.05, 3.63) is 45.8 Å². The van der Waals surface area contributed by atoms with E-state index in [1.54, 1.807) is 6.07 Å². The molecule has 114 valence electrons. The van der Waals surface area contributed by atoms with E-state index in [-0.39, 0.29) is 11.0 Å². The number of hydrogen-bond acceptors (Lipinski definition) is 5. The third kappa shape index (κ3) is 2.82. The summed E-state index contributed by atoms with van der Waals surface area (Å²) >= 11 is 1.04. The van der Waals surface area contributed by atoms with Crippen LogP contribution >= 0.6 is 11.3 Å². The maximum Gasteiger partial charge on any atom is 0.261 e. The summed E-state index contributed by atoms with van der Waals surface area (Å²) in [5.41, 5.74) is 9.27. The van der Waals surface area contributed by atoms with Gasteiger partial charge < -0.3 is 21.6 Å². The standard InChI is InChI=1S/C16H17N3O2S/c17-7-11-12(10(9-1-2-9)3-4-13(11)18)8-19-16(21)14-5-6-15(20)22-14/h3-7,9,17,20H,1-2,8,18H2,(H,19,21). The van der Waals surface area contributed by atoms with Gasteiger partial charge in [-0.15, -0.1) is 0 Å². The number of aromatic hydroxyl groups is 1. The largest absolute Gasteiger partial charge is 0.499 e. The molecule has 1 aromatic carbocycles. The number of rotatable bonds is 5. The van der Waals surface area contributed by atoms with Gasteiger partial charge in [-0.1, -0.05) is 17.4 Å². The molecule has 1 aliphatic carbocycles. The fourth-order valence-corrected chi connectivity index (χ4v) is 3.21. The van der Waals surface area contributed by atoms with E-state index in [0.29, 0.717) is 28.6 Å². The number of nitrogens with one attached hydrogen (secondary N) is 2. The van der Waals surface area contributed by atoms with Crippen LogP contribution in [0, 0.1) is 5.41 Å². The minimum absolute atomic E-state index is 0.118. The van der Waals surface area contributed by atoms with Crippen molar-refractivity contribution in [2.45, 2.75) is 25.3 Å². The van der Waals surface area contributed by atoms with Crippen LogP contribution in [0.5, 0.6) is 5.06 Å². The average Bonchev–Trinajstić information content (AvgIpc) is 3.25. The Hall–Kier alpha value is -2.34. The lowest BCUT2D eigenvalue weighted by Gasteiger charge is -2.15. The molecule has 1 amide bonds. The van der Waals surface area contributed by atoms with Crippen LogP contribution in [-0.4, -0.2) is 17.2 Å². The summed E-state index contributed by atoms with van der Waals surface area (Å²) in [4.78, 5) is 12.6. The quantitative estimate of drug-likeness (QED) is 0.504. The molecule has 0 spiro atoms. The summed E-state index contributed by atoms with van der Waals surface area (Å²) in [6.45, 7) is 0.332. The number of carbonyl (C=O) groups is 1. The van der Waals surface area contributed by atoms with Crippen molar-refractivity contribution in [2.75, 3.05) is 5.73 Å². The molecule has 5 nitrogen and oxygen atoms in total. The van der Waals surface area contributed by atoms with Crippen LogP contribution in [0.1, 0.15) is 45.1 Å². The number of carbonyl (C=O) groups excluding carboxylic acids is 1. The molecule has 0 saturated heterocycles. The number of thiophene rings is 1. The highest BCUT2D eigenvalue weighted by Crippen LogP contribution is 2.43. The first-order valence-corrected chi connectivity index (χ1v) is 7.90. The van der Waals surface area contributed by atoms with Gasteiger partial charge in [0.15, 0.2) is 5.06 Å². The van der Waals surface area contributed by atoms with Gasteiger partial charge in [-0.2, -0.15) is 0 Å². The van der Waals surface area contributed by atoms with Gasteiger partial charge in [-0.05, 0) is 48.1 Å². The van der Waals surface area contributed by atoms with E-state index in [9.17, 15) is 9.90 Å². The molecule has 5 N–H and O–H groups in total. The SMILES string of the molecule is N=Cc1c(N)ccc(C2CC2)c1CNC(=O)c1ccc(O)s1. The fourth-order valence-electron chi connectivity index (χ4n) is 2.55. The maximum absolute atomic E-state index is 12.1. The molecule has 0 radical (unpaired) electrons. The first-order valence-electron chi connectivity index (χ1n) is 7.09. The number of anilines is 1. The molecule has 1 fully saturated rings. The zero-order valence-electron chi connectivity index (χ0n) is 11.9. The second-order valence-corrected chi connectivity index (χ2v) is 6.44. The molecule has 1 saturated carbocycles. The van der Waals surface area contributed by atoms with Crippen molar-refractivity contribution in [2.24, 2.45) is 0 Å². The van der Waals surface area contributed by atoms with E-state index in [1.165, 1.54) is 17.8 Å². The molecule has 1 heterocycles. The molecule has 1 aliphatic rings. The molecule has 0 bridgehead atoms. The Bertz CT molecular complexity index is 735. The zero-order valence-corrected chi connectivity index (χ0v) is 12.7. The van der Waals surface area contributed by atoms with Crippen molar-refractivity contribution in [3.63, 3.8) is 0 Å². The fraction of sp³-hybridized carbons (Fsp3) is 0.250. The van der Waals surface area contributed by atoms with Crippen molar-refractivity contribution in [1.82, 2.24) is 5.32 Å². The monoisotopic (exact) mass is 315 g/mol. The zero-order chi connectivity index (χ0) is 15.7. The van der Waals surface area contributed by atoms with Crippen LogP contribution in [0.15, 0.2) is 24.3 Å². The summed E-state index contributed by atoms with van der Waals surface area (Å²) in [5, 5.41) is 19.9. The molecule has 22 heavy (non-hydrogen) atoms. The molecule has 6 heteroatoms. The van der Waals surface area contributed by atoms with E-state index in [0.717, 1.165) is 29.7 Å². The van der Waals surface area contributed by atoms with Crippen LogP contribution in [0.3, 0.4) is 0 Å². The van der Waals surface area contributed by atoms with Gasteiger partial charge in [0, 0.05) is 24.0 Å². The van der Waals surface area contributed by atoms with Crippen LogP contribution in [0.4, 0.5) is 5.69 Å². The Labute approximate surface area is 132 Å². The first kappa shape index (κ1) is 14.6. The van der Waals surface area contributed by atoms with Gasteiger partial charge >= 0.3 is 0 Å². The Kier molecular flexibility index (Phi) is 3.85. The molecule has 0 aliphatic heterocycles. The number of nitrogens with two attached hydrogens (primary N) is 1. The molecular formula is C16H17N3O2S. The van der Waals surface area contributed by atoms with Gasteiger partial charge in [0.1, 0.15) is 0 Å². The van der Waals surface area contributed by atoms with Gasteiger partial charge in [-0.25, -0.2) is 0 Å². The van der Waals surface area contributed by atoms with E-state index in [2.05, 4.69) is 5.32 Å². The molecule has 0 unspecified atom stereocenters. The average molecular weight is 315 g/mol. The van der Waals surface area contributed by atoms with E-state index in [4.69, 9.17) is 11.1 Å². The van der Waals surface area contributed by atoms with E-state index >= 15 is 0 Å². The van der Waals surface area contributed by atoms with Crippen LogP contribution < -0.4 is 11.1 Å². The minimum atomic E-state index is -0.231. The number of amides is 1. The highest BCUT2D eigenvalue weighted by atomic mass is 32.1. The smallest absolute Gasteiger partial charge is 0.261 e. The van der Waals surface area contributed by atoms with Gasteiger partial charge in [0.2, 0.25) is 0 Å². The van der Waals surface area contributed by atoms with Crippen molar-refractivity contribution < 1.29 is 9.90 Å². The number of benzene rings is 1. The van der Waals surface area contributed by atoms with Crippen LogP contribution in [-0.2, 0) is 6.54 Å². The minimum Gasteiger partial charge on any atom is -0.499 e. The summed E-state index contributed by atoms with van der Waals surface area (Å²) in [5.74, 6) is 0.280. The second-order valence-electron chi connectivity index (χ2n) is 5.38. The highest BCUT2D eigenvalue weighted by Gasteiger charge is 2.27. The molecule has 3 rings (SSSR count). The molecular weight excluding hydrogens is 298 g/mol. The van der Waals surface area contributed by atoms with Crippen molar-refractivity contribution in [3.8, 4) is 5.06 Å². The Morgan fingerprint density at radius 2 is 2.18 bits per heavy atom. The normalized spacial score (nSPS) is 13.8. The third-order valence-corrected chi connectivity index (χ3v) is 4.72. The lowest BCUT2D eigenvalue weighted by atomic mass is 9.96. The van der Waals surface area contributed by atoms with Crippen LogP contribution in [0.25, 0.3) is 0 Å². The van der Waals surface area contributed by atoms with Crippen molar-refractivity contribution >= 4 is 29.1 Å². The number of hydrogen-bond donors (Lipinski definition) is 4. The van der Waals surface area contributed by atoms with Crippen LogP contribution in [0.2, 0.25) is 0 Å². The predicted octanol–water partition coefficient (Wildman–Crippen LogP) is 2.84. The summed E-state index contributed by atoms with van der Waals surface area (Å²) < 4.78 is 0. The lowest BCUT2D eigenvalue weighted by molar-refractivity contribution is 0.0955.